The topological polar surface area (TPSA) is 121 Å². The van der Waals surface area contributed by atoms with Gasteiger partial charge in [0.25, 0.3) is 0 Å². The smallest absolute Gasteiger partial charge is 0.336 e. The molecule has 0 bridgehead atoms. The molecule has 0 saturated carbocycles. The van der Waals surface area contributed by atoms with Crippen molar-refractivity contribution in [3.8, 4) is 5.75 Å². The molecular weight excluding hydrogens is 340 g/mol. The van der Waals surface area contributed by atoms with Gasteiger partial charge in [0.2, 0.25) is 0 Å². The number of ketones is 2. The first kappa shape index (κ1) is 16.4. The Balaban J connectivity index is 1.98. The van der Waals surface area contributed by atoms with E-state index in [9.17, 15) is 29.7 Å². The van der Waals surface area contributed by atoms with Crippen molar-refractivity contribution in [3.63, 3.8) is 0 Å². The number of carboxylic acids is 1. The molecular formula is C19H14O7. The second-order valence-corrected chi connectivity index (χ2v) is 6.60. The maximum Gasteiger partial charge on any atom is 0.336 e. The summed E-state index contributed by atoms with van der Waals surface area (Å²) >= 11 is 0. The van der Waals surface area contributed by atoms with Crippen molar-refractivity contribution in [2.24, 2.45) is 0 Å². The van der Waals surface area contributed by atoms with E-state index in [1.54, 1.807) is 24.3 Å². The van der Waals surface area contributed by atoms with E-state index in [2.05, 4.69) is 0 Å². The van der Waals surface area contributed by atoms with Crippen LogP contribution in [0.25, 0.3) is 10.8 Å². The van der Waals surface area contributed by atoms with Crippen LogP contribution < -0.4 is 0 Å². The molecule has 3 N–H and O–H groups in total. The molecule has 7 nitrogen and oxygen atoms in total. The Labute approximate surface area is 147 Å². The molecule has 0 aromatic heterocycles. The Hall–Kier alpha value is -3.03. The lowest BCUT2D eigenvalue weighted by molar-refractivity contribution is -0.195. The summed E-state index contributed by atoms with van der Waals surface area (Å²) in [6.45, 7) is 1.22. The van der Waals surface area contributed by atoms with Gasteiger partial charge in [-0.15, -0.1) is 0 Å². The number of aliphatic hydroxyl groups is 1. The minimum absolute atomic E-state index is 0.0356. The van der Waals surface area contributed by atoms with Crippen LogP contribution in [0.3, 0.4) is 0 Å². The number of carbonyl (C=O) groups excluding carboxylic acids is 2. The number of ether oxygens (including phenoxy) is 1. The quantitative estimate of drug-likeness (QED) is 0.714. The number of Topliss-reactive ketones (excluding diaryl/α,β-unsaturated/α-hetero) is 2. The number of aromatic hydroxyl groups is 1. The lowest BCUT2D eigenvalue weighted by atomic mass is 9.76. The molecule has 0 fully saturated rings. The molecule has 2 aliphatic rings. The van der Waals surface area contributed by atoms with E-state index in [-0.39, 0.29) is 34.4 Å². The Kier molecular flexibility index (Phi) is 3.31. The SMILES string of the molecule is C[C@]1(C(=O)O)CC2=C(C(=O)c3cc4ccccc4c(O)c3C2=O)[C@H](O)O1. The third-order valence-corrected chi connectivity index (χ3v) is 4.92. The lowest BCUT2D eigenvalue weighted by Crippen LogP contribution is -2.49. The molecule has 2 aromatic carbocycles. The van der Waals surface area contributed by atoms with Crippen LogP contribution in [0.5, 0.6) is 5.75 Å². The zero-order valence-corrected chi connectivity index (χ0v) is 13.6. The monoisotopic (exact) mass is 354 g/mol. The molecule has 7 heteroatoms. The predicted molar refractivity (Wildman–Crippen MR) is 89.0 cm³/mol. The van der Waals surface area contributed by atoms with Gasteiger partial charge in [0, 0.05) is 22.9 Å². The van der Waals surface area contributed by atoms with E-state index >= 15 is 0 Å². The van der Waals surface area contributed by atoms with Gasteiger partial charge in [0.1, 0.15) is 5.75 Å². The second kappa shape index (κ2) is 5.23. The molecule has 0 amide bonds. The second-order valence-electron chi connectivity index (χ2n) is 6.60. The molecule has 0 saturated heterocycles. The summed E-state index contributed by atoms with van der Waals surface area (Å²) in [5, 5.41) is 31.1. The van der Waals surface area contributed by atoms with Gasteiger partial charge in [-0.1, -0.05) is 24.3 Å². The minimum Gasteiger partial charge on any atom is -0.507 e. The zero-order valence-electron chi connectivity index (χ0n) is 13.6. The number of carboxylic acid groups (broad SMARTS) is 1. The summed E-state index contributed by atoms with van der Waals surface area (Å²) in [4.78, 5) is 37.3. The van der Waals surface area contributed by atoms with Crippen molar-refractivity contribution in [1.29, 1.82) is 0 Å². The highest BCUT2D eigenvalue weighted by atomic mass is 16.6. The van der Waals surface area contributed by atoms with Crippen LogP contribution in [0, 0.1) is 0 Å². The molecule has 26 heavy (non-hydrogen) atoms. The molecule has 1 aliphatic carbocycles. The first-order valence-electron chi connectivity index (χ1n) is 7.91. The van der Waals surface area contributed by atoms with E-state index in [0.29, 0.717) is 10.8 Å². The van der Waals surface area contributed by atoms with E-state index in [1.165, 1.54) is 13.0 Å². The van der Waals surface area contributed by atoms with E-state index in [4.69, 9.17) is 4.74 Å². The standard InChI is InChI=1S/C19H14O7/c1-19(18(24)25)7-11-13(17(23)26-19)15(21)10-6-8-4-2-3-5-9(8)14(20)12(10)16(11)22/h2-6,17,20,23H,7H2,1H3,(H,24,25)/t17-,19-/m1/s1. The predicted octanol–water partition coefficient (Wildman–Crippen LogP) is 1.80. The number of fused-ring (bicyclic) bond motifs is 2. The van der Waals surface area contributed by atoms with Crippen molar-refractivity contribution in [2.45, 2.75) is 25.2 Å². The number of carbonyl (C=O) groups is 3. The molecule has 0 unspecified atom stereocenters. The molecule has 2 atom stereocenters. The lowest BCUT2D eigenvalue weighted by Gasteiger charge is -2.37. The average Bonchev–Trinajstić information content (AvgIpc) is 2.59. The zero-order chi connectivity index (χ0) is 18.8. The van der Waals surface area contributed by atoms with Gasteiger partial charge >= 0.3 is 5.97 Å². The van der Waals surface area contributed by atoms with E-state index in [1.807, 2.05) is 0 Å². The number of hydrogen-bond donors (Lipinski definition) is 3. The Morgan fingerprint density at radius 1 is 1.23 bits per heavy atom. The summed E-state index contributed by atoms with van der Waals surface area (Å²) < 4.78 is 5.12. The highest BCUT2D eigenvalue weighted by molar-refractivity contribution is 6.30. The van der Waals surface area contributed by atoms with Gasteiger partial charge in [-0.2, -0.15) is 0 Å². The molecule has 1 aliphatic heterocycles. The molecule has 132 valence electrons. The molecule has 2 aromatic rings. The highest BCUT2D eigenvalue weighted by Gasteiger charge is 2.49. The van der Waals surface area contributed by atoms with E-state index < -0.39 is 29.4 Å². The van der Waals surface area contributed by atoms with Crippen LogP contribution in [-0.4, -0.2) is 44.7 Å². The van der Waals surface area contributed by atoms with Crippen molar-refractivity contribution in [3.05, 3.63) is 52.6 Å². The summed E-state index contributed by atoms with van der Waals surface area (Å²) in [5.41, 5.74) is -2.47. The summed E-state index contributed by atoms with van der Waals surface area (Å²) in [6.07, 6.45) is -2.22. The van der Waals surface area contributed by atoms with Crippen molar-refractivity contribution in [1.82, 2.24) is 0 Å². The summed E-state index contributed by atoms with van der Waals surface area (Å²) in [7, 11) is 0. The number of hydrogen-bond acceptors (Lipinski definition) is 6. The maximum atomic E-state index is 13.0. The third kappa shape index (κ3) is 2.04. The third-order valence-electron chi connectivity index (χ3n) is 4.92. The van der Waals surface area contributed by atoms with Gasteiger partial charge < -0.3 is 20.1 Å². The molecule has 1 heterocycles. The normalized spacial score (nSPS) is 25.2. The summed E-state index contributed by atoms with van der Waals surface area (Å²) in [6, 6.07) is 8.20. The van der Waals surface area contributed by atoms with Crippen molar-refractivity contribution in [2.75, 3.05) is 0 Å². The van der Waals surface area contributed by atoms with Crippen molar-refractivity contribution >= 4 is 28.3 Å². The highest BCUT2D eigenvalue weighted by Crippen LogP contribution is 2.43. The Bertz CT molecular complexity index is 1050. The van der Waals surface area contributed by atoms with Gasteiger partial charge in [0.05, 0.1) is 11.1 Å². The van der Waals surface area contributed by atoms with Gasteiger partial charge in [0.15, 0.2) is 23.5 Å². The molecule has 0 radical (unpaired) electrons. The van der Waals surface area contributed by atoms with Crippen LogP contribution in [-0.2, 0) is 9.53 Å². The molecule has 0 spiro atoms. The summed E-state index contributed by atoms with van der Waals surface area (Å²) in [5.74, 6) is -3.03. The first-order valence-corrected chi connectivity index (χ1v) is 7.91. The van der Waals surface area contributed by atoms with E-state index in [0.717, 1.165) is 0 Å². The van der Waals surface area contributed by atoms with Gasteiger partial charge in [-0.25, -0.2) is 4.79 Å². The molecule has 4 rings (SSSR count). The largest absolute Gasteiger partial charge is 0.507 e. The number of phenols is 1. The fourth-order valence-corrected chi connectivity index (χ4v) is 3.54. The number of phenolic OH excluding ortho intramolecular Hbond substituents is 1. The minimum atomic E-state index is -1.85. The maximum absolute atomic E-state index is 13.0. The first-order chi connectivity index (χ1) is 12.2. The Morgan fingerprint density at radius 2 is 1.92 bits per heavy atom. The van der Waals surface area contributed by atoms with Gasteiger partial charge in [-0.05, 0) is 18.4 Å². The number of benzene rings is 2. The number of rotatable bonds is 1. The number of aliphatic hydroxyl groups excluding tert-OH is 1. The van der Waals surface area contributed by atoms with Crippen LogP contribution in [0.4, 0.5) is 0 Å². The Morgan fingerprint density at radius 3 is 2.62 bits per heavy atom. The van der Waals surface area contributed by atoms with Crippen LogP contribution in [0.15, 0.2) is 41.5 Å². The van der Waals surface area contributed by atoms with Crippen LogP contribution >= 0.6 is 0 Å². The van der Waals surface area contributed by atoms with Gasteiger partial charge in [-0.3, -0.25) is 9.59 Å². The van der Waals surface area contributed by atoms with Crippen molar-refractivity contribution < 1.29 is 34.4 Å². The van der Waals surface area contributed by atoms with Crippen LogP contribution in [0.1, 0.15) is 34.1 Å². The van der Waals surface area contributed by atoms with Crippen LogP contribution in [0.2, 0.25) is 0 Å². The fraction of sp³-hybridized carbons (Fsp3) is 0.211. The average molecular weight is 354 g/mol. The number of aliphatic carboxylic acids is 1. The fourth-order valence-electron chi connectivity index (χ4n) is 3.54.